The molecule has 0 bridgehead atoms. The lowest BCUT2D eigenvalue weighted by molar-refractivity contribution is -0.119. The summed E-state index contributed by atoms with van der Waals surface area (Å²) in [5.41, 5.74) is 0. The molecule has 1 aliphatic heterocycles. The van der Waals surface area contributed by atoms with E-state index in [1.54, 1.807) is 6.92 Å². The van der Waals surface area contributed by atoms with Crippen LogP contribution in [0, 0.1) is 0 Å². The number of carbonyl (C=O) groups excluding carboxylic acids is 1. The summed E-state index contributed by atoms with van der Waals surface area (Å²) in [6.45, 7) is 6.97. The quantitative estimate of drug-likeness (QED) is 0.620. The van der Waals surface area contributed by atoms with Gasteiger partial charge >= 0.3 is 0 Å². The Morgan fingerprint density at radius 3 is 2.91 bits per heavy atom. The second-order valence-corrected chi connectivity index (χ2v) is 3.08. The molecule has 1 fully saturated rings. The molecule has 1 rings (SSSR count). The Balaban J connectivity index is 2.24. The summed E-state index contributed by atoms with van der Waals surface area (Å²) in [4.78, 5) is 13.0. The van der Waals surface area contributed by atoms with E-state index in [0.29, 0.717) is 6.04 Å². The zero-order valence-corrected chi connectivity index (χ0v) is 7.26. The molecule has 1 heterocycles. The van der Waals surface area contributed by atoms with E-state index in [1.807, 2.05) is 0 Å². The number of carbonyl (C=O) groups is 1. The van der Waals surface area contributed by atoms with Crippen LogP contribution in [0.25, 0.3) is 0 Å². The highest BCUT2D eigenvalue weighted by molar-refractivity contribution is 5.73. The van der Waals surface area contributed by atoms with Crippen molar-refractivity contribution in [2.75, 3.05) is 19.6 Å². The highest BCUT2D eigenvalue weighted by Crippen LogP contribution is 2.07. The van der Waals surface area contributed by atoms with Crippen LogP contribution in [0.1, 0.15) is 20.3 Å². The van der Waals surface area contributed by atoms with Gasteiger partial charge in [0.05, 0.1) is 0 Å². The molecule has 3 heteroatoms. The molecule has 0 saturated carbocycles. The second kappa shape index (κ2) is 3.72. The van der Waals surface area contributed by atoms with Crippen molar-refractivity contribution in [2.24, 2.45) is 0 Å². The van der Waals surface area contributed by atoms with Crippen LogP contribution in [0.4, 0.5) is 0 Å². The molecule has 11 heavy (non-hydrogen) atoms. The number of rotatable bonds is 2. The number of hydrogen-bond donors (Lipinski definition) is 1. The number of likely N-dealkylation sites (tertiary alicyclic amines) is 1. The lowest BCUT2D eigenvalue weighted by Gasteiger charge is -2.13. The molecule has 0 aromatic rings. The van der Waals surface area contributed by atoms with Crippen molar-refractivity contribution < 1.29 is 4.79 Å². The van der Waals surface area contributed by atoms with E-state index in [-0.39, 0.29) is 5.91 Å². The monoisotopic (exact) mass is 156 g/mol. The fourth-order valence-corrected chi connectivity index (χ4v) is 1.53. The van der Waals surface area contributed by atoms with Crippen LogP contribution < -0.4 is 5.32 Å². The van der Waals surface area contributed by atoms with E-state index < -0.39 is 0 Å². The largest absolute Gasteiger partial charge is 0.352 e. The molecule has 1 atom stereocenters. The summed E-state index contributed by atoms with van der Waals surface area (Å²) in [6, 6.07) is 0.396. The average Bonchev–Trinajstić information content (AvgIpc) is 2.34. The first-order valence-corrected chi connectivity index (χ1v) is 4.22. The minimum Gasteiger partial charge on any atom is -0.352 e. The van der Waals surface area contributed by atoms with Gasteiger partial charge in [0, 0.05) is 26.1 Å². The first-order valence-electron chi connectivity index (χ1n) is 4.22. The first-order chi connectivity index (χ1) is 5.22. The second-order valence-electron chi connectivity index (χ2n) is 3.08. The predicted octanol–water partition coefficient (Wildman–Crippen LogP) is 0.217. The van der Waals surface area contributed by atoms with Gasteiger partial charge in [-0.2, -0.15) is 0 Å². The Morgan fingerprint density at radius 2 is 2.45 bits per heavy atom. The number of amides is 1. The summed E-state index contributed by atoms with van der Waals surface area (Å²) < 4.78 is 0. The molecule has 1 saturated heterocycles. The Hall–Kier alpha value is -0.570. The summed E-state index contributed by atoms with van der Waals surface area (Å²) in [5.74, 6) is 0.0907. The summed E-state index contributed by atoms with van der Waals surface area (Å²) >= 11 is 0. The number of nitrogens with one attached hydrogen (secondary N) is 1. The third kappa shape index (κ3) is 2.50. The third-order valence-electron chi connectivity index (χ3n) is 2.13. The molecule has 0 unspecified atom stereocenters. The number of hydrogen-bond acceptors (Lipinski definition) is 2. The molecule has 0 aromatic heterocycles. The van der Waals surface area contributed by atoms with Gasteiger partial charge in [-0.05, 0) is 13.0 Å². The molecule has 1 amide bonds. The van der Waals surface area contributed by atoms with Gasteiger partial charge in [0.25, 0.3) is 0 Å². The van der Waals surface area contributed by atoms with Crippen molar-refractivity contribution in [3.8, 4) is 0 Å². The molecule has 0 aromatic carbocycles. The normalized spacial score (nSPS) is 25.5. The van der Waals surface area contributed by atoms with Gasteiger partial charge in [-0.15, -0.1) is 0 Å². The zero-order chi connectivity index (χ0) is 8.27. The van der Waals surface area contributed by atoms with Crippen LogP contribution in [0.2, 0.25) is 0 Å². The van der Waals surface area contributed by atoms with Crippen LogP contribution in [-0.4, -0.2) is 36.5 Å². The molecule has 64 valence electrons. The van der Waals surface area contributed by atoms with Crippen molar-refractivity contribution in [1.29, 1.82) is 0 Å². The molecule has 0 spiro atoms. The topological polar surface area (TPSA) is 32.3 Å². The van der Waals surface area contributed by atoms with Crippen LogP contribution in [0.3, 0.4) is 0 Å². The minimum atomic E-state index is 0.0907. The SMILES string of the molecule is CCN1CC[C@H](NC(C)=O)C1. The first kappa shape index (κ1) is 8.53. The van der Waals surface area contributed by atoms with Gasteiger partial charge in [0.15, 0.2) is 0 Å². The maximum Gasteiger partial charge on any atom is 0.217 e. The van der Waals surface area contributed by atoms with E-state index in [0.717, 1.165) is 26.1 Å². The van der Waals surface area contributed by atoms with Crippen LogP contribution in [-0.2, 0) is 4.79 Å². The van der Waals surface area contributed by atoms with E-state index in [1.165, 1.54) is 0 Å². The van der Waals surface area contributed by atoms with E-state index in [4.69, 9.17) is 0 Å². The molecule has 1 aliphatic rings. The minimum absolute atomic E-state index is 0.0907. The fourth-order valence-electron chi connectivity index (χ4n) is 1.53. The Morgan fingerprint density at radius 1 is 1.73 bits per heavy atom. The molecule has 3 nitrogen and oxygen atoms in total. The van der Waals surface area contributed by atoms with Crippen molar-refractivity contribution in [3.05, 3.63) is 0 Å². The molecule has 1 N–H and O–H groups in total. The molecule has 0 aliphatic carbocycles. The smallest absolute Gasteiger partial charge is 0.217 e. The summed E-state index contributed by atoms with van der Waals surface area (Å²) in [6.07, 6.45) is 1.10. The number of likely N-dealkylation sites (N-methyl/N-ethyl adjacent to an activating group) is 1. The van der Waals surface area contributed by atoms with E-state index in [9.17, 15) is 4.79 Å². The van der Waals surface area contributed by atoms with Crippen LogP contribution in [0.5, 0.6) is 0 Å². The molecule has 0 radical (unpaired) electrons. The van der Waals surface area contributed by atoms with Gasteiger partial charge < -0.3 is 10.2 Å². The number of nitrogens with zero attached hydrogens (tertiary/aromatic N) is 1. The summed E-state index contributed by atoms with van der Waals surface area (Å²) in [7, 11) is 0. The average molecular weight is 156 g/mol. The Labute approximate surface area is 67.8 Å². The van der Waals surface area contributed by atoms with Gasteiger partial charge in [0.2, 0.25) is 5.91 Å². The van der Waals surface area contributed by atoms with Crippen molar-refractivity contribution in [1.82, 2.24) is 10.2 Å². The Bertz CT molecular complexity index is 147. The van der Waals surface area contributed by atoms with Crippen LogP contribution in [0.15, 0.2) is 0 Å². The third-order valence-corrected chi connectivity index (χ3v) is 2.13. The summed E-state index contributed by atoms with van der Waals surface area (Å²) in [5, 5.41) is 2.93. The van der Waals surface area contributed by atoms with E-state index in [2.05, 4.69) is 17.1 Å². The van der Waals surface area contributed by atoms with Crippen molar-refractivity contribution >= 4 is 5.91 Å². The highest BCUT2D eigenvalue weighted by Gasteiger charge is 2.20. The molecular formula is C8H16N2O. The van der Waals surface area contributed by atoms with Gasteiger partial charge in [0.1, 0.15) is 0 Å². The highest BCUT2D eigenvalue weighted by atomic mass is 16.1. The molecular weight excluding hydrogens is 140 g/mol. The zero-order valence-electron chi connectivity index (χ0n) is 7.26. The Kier molecular flexibility index (Phi) is 2.88. The van der Waals surface area contributed by atoms with Gasteiger partial charge in [-0.1, -0.05) is 6.92 Å². The van der Waals surface area contributed by atoms with E-state index >= 15 is 0 Å². The van der Waals surface area contributed by atoms with Crippen LogP contribution >= 0.6 is 0 Å². The lowest BCUT2D eigenvalue weighted by atomic mass is 10.3. The lowest BCUT2D eigenvalue weighted by Crippen LogP contribution is -2.35. The van der Waals surface area contributed by atoms with Gasteiger partial charge in [-0.25, -0.2) is 0 Å². The predicted molar refractivity (Wildman–Crippen MR) is 44.3 cm³/mol. The fraction of sp³-hybridized carbons (Fsp3) is 0.875. The maximum atomic E-state index is 10.7. The van der Waals surface area contributed by atoms with Crippen molar-refractivity contribution in [2.45, 2.75) is 26.3 Å². The van der Waals surface area contributed by atoms with Crippen molar-refractivity contribution in [3.63, 3.8) is 0 Å². The standard InChI is InChI=1S/C8H16N2O/c1-3-10-5-4-8(6-10)9-7(2)11/h8H,3-6H2,1-2H3,(H,9,11)/t8-/m0/s1. The van der Waals surface area contributed by atoms with Gasteiger partial charge in [-0.3, -0.25) is 4.79 Å². The maximum absolute atomic E-state index is 10.7.